The highest BCUT2D eigenvalue weighted by Gasteiger charge is 2.22. The normalized spacial score (nSPS) is 13.1. The molecule has 0 aliphatic carbocycles. The van der Waals surface area contributed by atoms with Crippen LogP contribution < -0.4 is 0 Å². The summed E-state index contributed by atoms with van der Waals surface area (Å²) in [6.45, 7) is 6.11. The van der Waals surface area contributed by atoms with Crippen molar-refractivity contribution in [3.8, 4) is 0 Å². The lowest BCUT2D eigenvalue weighted by atomic mass is 9.92. The van der Waals surface area contributed by atoms with Gasteiger partial charge >= 0.3 is 0 Å². The first kappa shape index (κ1) is 12.4. The SMILES string of the molecule is Cn1c(CC(C)(C)C)nnc1S(=O)(=O)Cl. The second-order valence-electron chi connectivity index (χ2n) is 4.63. The van der Waals surface area contributed by atoms with Crippen molar-refractivity contribution in [1.82, 2.24) is 14.8 Å². The summed E-state index contributed by atoms with van der Waals surface area (Å²) in [6.07, 6.45) is 0.642. The summed E-state index contributed by atoms with van der Waals surface area (Å²) < 4.78 is 23.6. The van der Waals surface area contributed by atoms with Crippen molar-refractivity contribution < 1.29 is 8.42 Å². The van der Waals surface area contributed by atoms with Gasteiger partial charge in [0.05, 0.1) is 0 Å². The molecule has 0 spiro atoms. The van der Waals surface area contributed by atoms with Gasteiger partial charge in [-0.3, -0.25) is 0 Å². The molecule has 0 unspecified atom stereocenters. The first-order valence-electron chi connectivity index (χ1n) is 4.44. The molecule has 1 aromatic heterocycles. The third kappa shape index (κ3) is 3.17. The van der Waals surface area contributed by atoms with Gasteiger partial charge in [-0.2, -0.15) is 0 Å². The fourth-order valence-electron chi connectivity index (χ4n) is 1.19. The summed E-state index contributed by atoms with van der Waals surface area (Å²) in [4.78, 5) is 0. The zero-order valence-electron chi connectivity index (χ0n) is 9.15. The van der Waals surface area contributed by atoms with E-state index in [9.17, 15) is 8.42 Å². The first-order chi connectivity index (χ1) is 6.61. The van der Waals surface area contributed by atoms with Crippen LogP contribution in [0.2, 0.25) is 0 Å². The van der Waals surface area contributed by atoms with Gasteiger partial charge in [-0.1, -0.05) is 20.8 Å². The van der Waals surface area contributed by atoms with Crippen LogP contribution in [0.15, 0.2) is 5.16 Å². The van der Waals surface area contributed by atoms with Gasteiger partial charge in [-0.05, 0) is 5.41 Å². The molecule has 1 aromatic rings. The van der Waals surface area contributed by atoms with E-state index in [4.69, 9.17) is 10.7 Å². The van der Waals surface area contributed by atoms with Crippen molar-refractivity contribution in [2.75, 3.05) is 0 Å². The van der Waals surface area contributed by atoms with Crippen LogP contribution >= 0.6 is 10.7 Å². The van der Waals surface area contributed by atoms with Crippen LogP contribution in [-0.2, 0) is 22.5 Å². The summed E-state index contributed by atoms with van der Waals surface area (Å²) >= 11 is 0. The molecule has 0 N–H and O–H groups in total. The van der Waals surface area contributed by atoms with Crippen LogP contribution in [0.5, 0.6) is 0 Å². The van der Waals surface area contributed by atoms with Crippen LogP contribution in [0, 0.1) is 5.41 Å². The zero-order valence-corrected chi connectivity index (χ0v) is 10.7. The number of rotatable bonds is 2. The molecule has 0 aliphatic rings. The number of hydrogen-bond acceptors (Lipinski definition) is 4. The molecule has 0 fully saturated rings. The van der Waals surface area contributed by atoms with Crippen LogP contribution in [0.25, 0.3) is 0 Å². The predicted octanol–water partition coefficient (Wildman–Crippen LogP) is 1.33. The fourth-order valence-corrected chi connectivity index (χ4v) is 2.16. The quantitative estimate of drug-likeness (QED) is 0.744. The third-order valence-corrected chi connectivity index (χ3v) is 3.04. The Balaban J connectivity index is 3.11. The topological polar surface area (TPSA) is 64.8 Å². The highest BCUT2D eigenvalue weighted by atomic mass is 35.7. The van der Waals surface area contributed by atoms with E-state index < -0.39 is 9.05 Å². The highest BCUT2D eigenvalue weighted by molar-refractivity contribution is 8.13. The van der Waals surface area contributed by atoms with E-state index in [1.165, 1.54) is 4.57 Å². The van der Waals surface area contributed by atoms with Crippen molar-refractivity contribution in [1.29, 1.82) is 0 Å². The lowest BCUT2D eigenvalue weighted by Gasteiger charge is -2.16. The second-order valence-corrected chi connectivity index (χ2v) is 7.09. The van der Waals surface area contributed by atoms with Crippen LogP contribution in [-0.4, -0.2) is 23.2 Å². The van der Waals surface area contributed by atoms with Crippen molar-refractivity contribution >= 4 is 19.7 Å². The van der Waals surface area contributed by atoms with Crippen molar-refractivity contribution in [3.05, 3.63) is 5.82 Å². The number of aromatic nitrogens is 3. The predicted molar refractivity (Wildman–Crippen MR) is 57.2 cm³/mol. The van der Waals surface area contributed by atoms with E-state index >= 15 is 0 Å². The smallest absolute Gasteiger partial charge is 0.296 e. The molecule has 0 bridgehead atoms. The third-order valence-electron chi connectivity index (χ3n) is 1.83. The van der Waals surface area contributed by atoms with E-state index in [0.717, 1.165) is 0 Å². The van der Waals surface area contributed by atoms with Crippen LogP contribution in [0.1, 0.15) is 26.6 Å². The van der Waals surface area contributed by atoms with Gasteiger partial charge in [-0.15, -0.1) is 10.2 Å². The first-order valence-corrected chi connectivity index (χ1v) is 6.75. The molecular weight excluding hydrogens is 238 g/mol. The lowest BCUT2D eigenvalue weighted by molar-refractivity contribution is 0.393. The van der Waals surface area contributed by atoms with Crippen LogP contribution in [0.3, 0.4) is 0 Å². The van der Waals surface area contributed by atoms with Crippen molar-refractivity contribution in [3.63, 3.8) is 0 Å². The number of nitrogens with zero attached hydrogens (tertiary/aromatic N) is 3. The molecule has 86 valence electrons. The summed E-state index contributed by atoms with van der Waals surface area (Å²) in [5.74, 6) is 0.613. The molecular formula is C8H14ClN3O2S. The number of hydrogen-bond donors (Lipinski definition) is 0. The van der Waals surface area contributed by atoms with Gasteiger partial charge in [0.15, 0.2) is 0 Å². The molecule has 1 rings (SSSR count). The van der Waals surface area contributed by atoms with E-state index in [1.807, 2.05) is 20.8 Å². The molecule has 0 saturated heterocycles. The molecule has 7 heteroatoms. The molecule has 0 amide bonds. The van der Waals surface area contributed by atoms with Gasteiger partial charge in [0.1, 0.15) is 5.82 Å². The average molecular weight is 252 g/mol. The Labute approximate surface area is 93.9 Å². The van der Waals surface area contributed by atoms with E-state index in [0.29, 0.717) is 12.2 Å². The minimum atomic E-state index is -3.81. The molecule has 0 atom stereocenters. The Bertz CT molecular complexity index is 459. The zero-order chi connectivity index (χ0) is 11.9. The Hall–Kier alpha value is -0.620. The summed E-state index contributed by atoms with van der Waals surface area (Å²) in [5.41, 5.74) is 0.0220. The van der Waals surface area contributed by atoms with Crippen molar-refractivity contribution in [2.45, 2.75) is 32.3 Å². The summed E-state index contributed by atoms with van der Waals surface area (Å²) in [7, 11) is 2.98. The largest absolute Gasteiger partial charge is 0.304 e. The van der Waals surface area contributed by atoms with Gasteiger partial charge < -0.3 is 4.57 Å². The van der Waals surface area contributed by atoms with E-state index in [2.05, 4.69) is 10.2 Å². The standard InChI is InChI=1S/C8H14ClN3O2S/c1-8(2,3)5-6-10-11-7(12(6)4)15(9,13)14/h5H2,1-4H3. The molecule has 0 saturated carbocycles. The molecule has 0 aromatic carbocycles. The molecule has 0 aliphatic heterocycles. The molecule has 1 heterocycles. The maximum atomic E-state index is 11.1. The Morgan fingerprint density at radius 1 is 1.33 bits per heavy atom. The van der Waals surface area contributed by atoms with Crippen LogP contribution in [0.4, 0.5) is 0 Å². The van der Waals surface area contributed by atoms with Gasteiger partial charge in [-0.25, -0.2) is 8.42 Å². The molecule has 5 nitrogen and oxygen atoms in total. The fraction of sp³-hybridized carbons (Fsp3) is 0.750. The Morgan fingerprint density at radius 3 is 2.20 bits per heavy atom. The average Bonchev–Trinajstić information content (AvgIpc) is 2.27. The number of halogens is 1. The lowest BCUT2D eigenvalue weighted by Crippen LogP contribution is -2.14. The Kier molecular flexibility index (Phi) is 3.11. The second kappa shape index (κ2) is 3.75. The maximum Gasteiger partial charge on any atom is 0.296 e. The van der Waals surface area contributed by atoms with E-state index in [-0.39, 0.29) is 10.6 Å². The highest BCUT2D eigenvalue weighted by Crippen LogP contribution is 2.21. The van der Waals surface area contributed by atoms with Crippen molar-refractivity contribution in [2.24, 2.45) is 12.5 Å². The molecule has 15 heavy (non-hydrogen) atoms. The monoisotopic (exact) mass is 251 g/mol. The van der Waals surface area contributed by atoms with E-state index in [1.54, 1.807) is 7.05 Å². The molecule has 0 radical (unpaired) electrons. The van der Waals surface area contributed by atoms with Gasteiger partial charge in [0.2, 0.25) is 0 Å². The van der Waals surface area contributed by atoms with Gasteiger partial charge in [0.25, 0.3) is 14.2 Å². The summed E-state index contributed by atoms with van der Waals surface area (Å²) in [5, 5.41) is 7.18. The van der Waals surface area contributed by atoms with Gasteiger partial charge in [0, 0.05) is 24.2 Å². The maximum absolute atomic E-state index is 11.1. The summed E-state index contributed by atoms with van der Waals surface area (Å²) in [6, 6.07) is 0. The Morgan fingerprint density at radius 2 is 1.87 bits per heavy atom. The minimum absolute atomic E-state index is 0.0220. The minimum Gasteiger partial charge on any atom is -0.304 e.